The smallest absolute Gasteiger partial charge is 0.314 e. The standard InChI is InChI=1S/C23H30O8/c1-3-29-20(24)12-13-21(25)30-15-14-16-4-10-19(11-5-16)31-23(27)18-8-6-17(7-9-18)22(26)28-2/h4-5,10-11,17-18H,3,6-9,12-15H2,1-2H3. The van der Waals surface area contributed by atoms with Gasteiger partial charge in [-0.2, -0.15) is 0 Å². The van der Waals surface area contributed by atoms with Gasteiger partial charge in [-0.25, -0.2) is 0 Å². The van der Waals surface area contributed by atoms with Gasteiger partial charge in [-0.05, 0) is 50.3 Å². The average molecular weight is 434 g/mol. The lowest BCUT2D eigenvalue weighted by Crippen LogP contribution is -2.29. The molecule has 0 atom stereocenters. The molecule has 31 heavy (non-hydrogen) atoms. The summed E-state index contributed by atoms with van der Waals surface area (Å²) in [5.74, 6) is -1.25. The van der Waals surface area contributed by atoms with E-state index in [1.54, 1.807) is 19.1 Å². The first kappa shape index (κ1) is 24.4. The number of methoxy groups -OCH3 is 1. The summed E-state index contributed by atoms with van der Waals surface area (Å²) in [5, 5.41) is 0. The van der Waals surface area contributed by atoms with Crippen molar-refractivity contribution in [3.8, 4) is 5.75 Å². The van der Waals surface area contributed by atoms with Crippen molar-refractivity contribution in [3.05, 3.63) is 29.8 Å². The minimum Gasteiger partial charge on any atom is -0.469 e. The molecule has 0 amide bonds. The monoisotopic (exact) mass is 434 g/mol. The Labute approximate surface area is 182 Å². The van der Waals surface area contributed by atoms with E-state index in [9.17, 15) is 19.2 Å². The molecule has 1 aliphatic rings. The van der Waals surface area contributed by atoms with Gasteiger partial charge in [0.05, 0.1) is 45.0 Å². The molecular formula is C23H30O8. The zero-order chi connectivity index (χ0) is 22.6. The highest BCUT2D eigenvalue weighted by molar-refractivity contribution is 5.78. The highest BCUT2D eigenvalue weighted by atomic mass is 16.5. The summed E-state index contributed by atoms with van der Waals surface area (Å²) >= 11 is 0. The quantitative estimate of drug-likeness (QED) is 0.314. The number of carbonyl (C=O) groups excluding carboxylic acids is 4. The highest BCUT2D eigenvalue weighted by Crippen LogP contribution is 2.30. The number of carbonyl (C=O) groups is 4. The first-order valence-corrected chi connectivity index (χ1v) is 10.6. The Morgan fingerprint density at radius 2 is 1.39 bits per heavy atom. The Morgan fingerprint density at radius 3 is 1.94 bits per heavy atom. The van der Waals surface area contributed by atoms with Crippen molar-refractivity contribution in [2.45, 2.75) is 51.9 Å². The summed E-state index contributed by atoms with van der Waals surface area (Å²) in [6.07, 6.45) is 2.99. The highest BCUT2D eigenvalue weighted by Gasteiger charge is 2.31. The lowest BCUT2D eigenvalue weighted by molar-refractivity contribution is -0.150. The number of hydrogen-bond acceptors (Lipinski definition) is 8. The van der Waals surface area contributed by atoms with E-state index in [0.717, 1.165) is 5.56 Å². The maximum absolute atomic E-state index is 12.4. The van der Waals surface area contributed by atoms with Crippen LogP contribution in [0.25, 0.3) is 0 Å². The second-order valence-electron chi connectivity index (χ2n) is 7.41. The van der Waals surface area contributed by atoms with E-state index in [1.165, 1.54) is 7.11 Å². The fourth-order valence-electron chi connectivity index (χ4n) is 3.45. The molecule has 0 N–H and O–H groups in total. The third kappa shape index (κ3) is 8.39. The molecule has 8 heteroatoms. The maximum Gasteiger partial charge on any atom is 0.314 e. The summed E-state index contributed by atoms with van der Waals surface area (Å²) in [4.78, 5) is 46.8. The number of rotatable bonds is 10. The molecule has 1 aromatic rings. The summed E-state index contributed by atoms with van der Waals surface area (Å²) in [7, 11) is 1.38. The van der Waals surface area contributed by atoms with Crippen molar-refractivity contribution in [2.75, 3.05) is 20.3 Å². The second-order valence-corrected chi connectivity index (χ2v) is 7.41. The van der Waals surface area contributed by atoms with Crippen LogP contribution in [0.4, 0.5) is 0 Å². The third-order valence-electron chi connectivity index (χ3n) is 5.23. The largest absolute Gasteiger partial charge is 0.469 e. The van der Waals surface area contributed by atoms with Crippen molar-refractivity contribution >= 4 is 23.9 Å². The molecule has 2 rings (SSSR count). The molecule has 0 spiro atoms. The fourth-order valence-corrected chi connectivity index (χ4v) is 3.45. The van der Waals surface area contributed by atoms with Crippen LogP contribution in [0.3, 0.4) is 0 Å². The van der Waals surface area contributed by atoms with Gasteiger partial charge in [0.2, 0.25) is 0 Å². The van der Waals surface area contributed by atoms with Crippen LogP contribution in [-0.4, -0.2) is 44.2 Å². The van der Waals surface area contributed by atoms with Crippen LogP contribution in [0.5, 0.6) is 5.75 Å². The molecular weight excluding hydrogens is 404 g/mol. The SMILES string of the molecule is CCOC(=O)CCC(=O)OCCc1ccc(OC(=O)C2CCC(C(=O)OC)CC2)cc1. The van der Waals surface area contributed by atoms with Crippen LogP contribution in [0, 0.1) is 11.8 Å². The van der Waals surface area contributed by atoms with Crippen molar-refractivity contribution in [1.82, 2.24) is 0 Å². The normalized spacial score (nSPS) is 18.0. The maximum atomic E-state index is 12.4. The molecule has 1 aliphatic carbocycles. The first-order chi connectivity index (χ1) is 14.9. The van der Waals surface area contributed by atoms with Gasteiger partial charge >= 0.3 is 23.9 Å². The van der Waals surface area contributed by atoms with Crippen LogP contribution >= 0.6 is 0 Å². The Balaban J connectivity index is 1.68. The van der Waals surface area contributed by atoms with Crippen LogP contribution in [0.1, 0.15) is 51.0 Å². The minimum atomic E-state index is -0.444. The van der Waals surface area contributed by atoms with Crippen molar-refractivity contribution in [3.63, 3.8) is 0 Å². The molecule has 0 aliphatic heterocycles. The molecule has 0 aromatic heterocycles. The second kappa shape index (κ2) is 12.7. The lowest BCUT2D eigenvalue weighted by Gasteiger charge is -2.25. The van der Waals surface area contributed by atoms with Gasteiger partial charge in [0.15, 0.2) is 0 Å². The Kier molecular flexibility index (Phi) is 10.00. The summed E-state index contributed by atoms with van der Waals surface area (Å²) in [6, 6.07) is 7.03. The van der Waals surface area contributed by atoms with Gasteiger partial charge < -0.3 is 18.9 Å². The number of esters is 4. The molecule has 0 saturated heterocycles. The fraction of sp³-hybridized carbons (Fsp3) is 0.565. The average Bonchev–Trinajstić information content (AvgIpc) is 2.78. The van der Waals surface area contributed by atoms with E-state index in [1.807, 2.05) is 12.1 Å². The van der Waals surface area contributed by atoms with Gasteiger partial charge in [-0.1, -0.05) is 12.1 Å². The van der Waals surface area contributed by atoms with Crippen molar-refractivity contribution in [1.29, 1.82) is 0 Å². The molecule has 0 radical (unpaired) electrons. The molecule has 0 unspecified atom stereocenters. The number of ether oxygens (including phenoxy) is 4. The van der Waals surface area contributed by atoms with Gasteiger partial charge in [0.25, 0.3) is 0 Å². The van der Waals surface area contributed by atoms with E-state index in [0.29, 0.717) is 37.9 Å². The first-order valence-electron chi connectivity index (χ1n) is 10.6. The molecule has 8 nitrogen and oxygen atoms in total. The van der Waals surface area contributed by atoms with E-state index < -0.39 is 11.9 Å². The molecule has 0 bridgehead atoms. The number of benzene rings is 1. The van der Waals surface area contributed by atoms with Crippen LogP contribution in [0.2, 0.25) is 0 Å². The van der Waals surface area contributed by atoms with Crippen LogP contribution in [-0.2, 0) is 39.8 Å². The number of hydrogen-bond donors (Lipinski definition) is 0. The van der Waals surface area contributed by atoms with Crippen LogP contribution < -0.4 is 4.74 Å². The summed E-state index contributed by atoms with van der Waals surface area (Å²) < 4.78 is 20.1. The predicted octanol–water partition coefficient (Wildman–Crippen LogP) is 3.00. The molecule has 1 aromatic carbocycles. The predicted molar refractivity (Wildman–Crippen MR) is 110 cm³/mol. The van der Waals surface area contributed by atoms with E-state index >= 15 is 0 Å². The third-order valence-corrected chi connectivity index (χ3v) is 5.23. The Morgan fingerprint density at radius 1 is 0.839 bits per heavy atom. The van der Waals surface area contributed by atoms with Crippen LogP contribution in [0.15, 0.2) is 24.3 Å². The summed E-state index contributed by atoms with van der Waals surface area (Å²) in [6.45, 7) is 2.19. The molecule has 1 saturated carbocycles. The molecule has 0 heterocycles. The lowest BCUT2D eigenvalue weighted by atomic mass is 9.82. The topological polar surface area (TPSA) is 105 Å². The molecule has 170 valence electrons. The zero-order valence-electron chi connectivity index (χ0n) is 18.1. The van der Waals surface area contributed by atoms with Gasteiger partial charge in [0, 0.05) is 6.42 Å². The van der Waals surface area contributed by atoms with E-state index in [2.05, 4.69) is 0 Å². The molecule has 1 fully saturated rings. The summed E-state index contributed by atoms with van der Waals surface area (Å²) in [5.41, 5.74) is 0.927. The minimum absolute atomic E-state index is 0.00470. The van der Waals surface area contributed by atoms with E-state index in [-0.39, 0.29) is 49.8 Å². The van der Waals surface area contributed by atoms with Gasteiger partial charge in [-0.15, -0.1) is 0 Å². The van der Waals surface area contributed by atoms with Crippen molar-refractivity contribution < 1.29 is 38.1 Å². The Bertz CT molecular complexity index is 747. The van der Waals surface area contributed by atoms with E-state index in [4.69, 9.17) is 18.9 Å². The van der Waals surface area contributed by atoms with Gasteiger partial charge in [0.1, 0.15) is 5.75 Å². The van der Waals surface area contributed by atoms with Crippen molar-refractivity contribution in [2.24, 2.45) is 11.8 Å². The Hall–Kier alpha value is -2.90. The van der Waals surface area contributed by atoms with Gasteiger partial charge in [-0.3, -0.25) is 19.2 Å². The zero-order valence-corrected chi connectivity index (χ0v) is 18.1.